The number of hydrogen-bond acceptors (Lipinski definition) is 5. The molecule has 1 saturated heterocycles. The molecule has 2 aromatic rings. The number of aliphatic hydroxyl groups excluding tert-OH is 1. The lowest BCUT2D eigenvalue weighted by Crippen LogP contribution is -2.30. The highest BCUT2D eigenvalue weighted by molar-refractivity contribution is 7.11. The van der Waals surface area contributed by atoms with Crippen molar-refractivity contribution >= 4 is 11.3 Å². The van der Waals surface area contributed by atoms with Crippen LogP contribution in [0.2, 0.25) is 0 Å². The molecule has 3 heterocycles. The molecular formula is C15H20N2O2S. The van der Waals surface area contributed by atoms with Gasteiger partial charge in [-0.25, -0.2) is 4.98 Å². The molecular weight excluding hydrogens is 272 g/mol. The monoisotopic (exact) mass is 292 g/mol. The quantitative estimate of drug-likeness (QED) is 0.920. The predicted octanol–water partition coefficient (Wildman–Crippen LogP) is 3.13. The molecule has 0 aliphatic carbocycles. The number of furan rings is 1. The number of rotatable bonds is 5. The first-order chi connectivity index (χ1) is 9.72. The molecule has 4 nitrogen and oxygen atoms in total. The minimum atomic E-state index is -0.501. The van der Waals surface area contributed by atoms with Crippen LogP contribution in [-0.2, 0) is 6.54 Å². The largest absolute Gasteiger partial charge is 0.467 e. The molecule has 2 unspecified atom stereocenters. The number of nitrogens with zero attached hydrogens (tertiary/aromatic N) is 2. The second kappa shape index (κ2) is 6.08. The first-order valence-corrected chi connectivity index (χ1v) is 7.91. The molecule has 2 atom stereocenters. The van der Waals surface area contributed by atoms with Crippen LogP contribution in [0.5, 0.6) is 0 Å². The molecule has 0 aromatic carbocycles. The number of aliphatic hydroxyl groups is 1. The van der Waals surface area contributed by atoms with Crippen molar-refractivity contribution in [2.75, 3.05) is 6.54 Å². The van der Waals surface area contributed by atoms with Crippen molar-refractivity contribution in [3.63, 3.8) is 0 Å². The first kappa shape index (κ1) is 13.8. The third-order valence-electron chi connectivity index (χ3n) is 3.89. The summed E-state index contributed by atoms with van der Waals surface area (Å²) in [6.07, 6.45) is 6.18. The van der Waals surface area contributed by atoms with Crippen LogP contribution in [0.25, 0.3) is 0 Å². The number of likely N-dealkylation sites (tertiary alicyclic amines) is 1. The molecule has 1 fully saturated rings. The number of hydrogen-bond donors (Lipinski definition) is 1. The van der Waals surface area contributed by atoms with E-state index in [9.17, 15) is 5.11 Å². The van der Waals surface area contributed by atoms with Gasteiger partial charge in [-0.3, -0.25) is 4.90 Å². The first-order valence-electron chi connectivity index (χ1n) is 7.09. The zero-order valence-electron chi connectivity index (χ0n) is 11.7. The average molecular weight is 292 g/mol. The molecule has 3 rings (SSSR count). The maximum absolute atomic E-state index is 10.2. The Bertz CT molecular complexity index is 538. The fourth-order valence-electron chi connectivity index (χ4n) is 2.90. The van der Waals surface area contributed by atoms with E-state index in [1.54, 1.807) is 17.6 Å². The highest BCUT2D eigenvalue weighted by Gasteiger charge is 2.28. The molecule has 1 aliphatic heterocycles. The fraction of sp³-hybridized carbons (Fsp3) is 0.533. The van der Waals surface area contributed by atoms with Gasteiger partial charge in [0, 0.05) is 23.7 Å². The number of aryl methyl sites for hydroxylation is 1. The molecule has 5 heteroatoms. The van der Waals surface area contributed by atoms with Crippen molar-refractivity contribution in [1.29, 1.82) is 0 Å². The van der Waals surface area contributed by atoms with Gasteiger partial charge in [-0.05, 0) is 44.9 Å². The van der Waals surface area contributed by atoms with Crippen molar-refractivity contribution < 1.29 is 9.52 Å². The lowest BCUT2D eigenvalue weighted by molar-refractivity contribution is 0.0998. The van der Waals surface area contributed by atoms with Gasteiger partial charge in [0.15, 0.2) is 0 Å². The second-order valence-electron chi connectivity index (χ2n) is 5.38. The Labute approximate surface area is 123 Å². The third-order valence-corrected chi connectivity index (χ3v) is 4.79. The summed E-state index contributed by atoms with van der Waals surface area (Å²) in [6, 6.07) is 4.10. The van der Waals surface area contributed by atoms with Crippen molar-refractivity contribution in [2.24, 2.45) is 0 Å². The Kier molecular flexibility index (Phi) is 4.19. The van der Waals surface area contributed by atoms with Gasteiger partial charge in [0.1, 0.15) is 11.9 Å². The minimum absolute atomic E-state index is 0.428. The highest BCUT2D eigenvalue weighted by Crippen LogP contribution is 2.29. The van der Waals surface area contributed by atoms with Crippen LogP contribution in [0.1, 0.15) is 41.0 Å². The zero-order chi connectivity index (χ0) is 13.9. The Morgan fingerprint density at radius 2 is 2.50 bits per heavy atom. The van der Waals surface area contributed by atoms with E-state index in [1.807, 2.05) is 25.3 Å². The summed E-state index contributed by atoms with van der Waals surface area (Å²) in [7, 11) is 0. The molecule has 0 spiro atoms. The van der Waals surface area contributed by atoms with E-state index in [1.165, 1.54) is 11.3 Å². The number of aromatic nitrogens is 1. The van der Waals surface area contributed by atoms with E-state index in [2.05, 4.69) is 9.88 Å². The average Bonchev–Trinajstić information content (AvgIpc) is 3.13. The van der Waals surface area contributed by atoms with E-state index in [0.717, 1.165) is 30.9 Å². The predicted molar refractivity (Wildman–Crippen MR) is 78.6 cm³/mol. The highest BCUT2D eigenvalue weighted by atomic mass is 32.1. The molecule has 2 aromatic heterocycles. The summed E-state index contributed by atoms with van der Waals surface area (Å²) in [6.45, 7) is 4.09. The number of thiazole rings is 1. The third kappa shape index (κ3) is 3.11. The van der Waals surface area contributed by atoms with Crippen molar-refractivity contribution in [3.8, 4) is 0 Å². The van der Waals surface area contributed by atoms with Gasteiger partial charge in [0.05, 0.1) is 11.3 Å². The summed E-state index contributed by atoms with van der Waals surface area (Å²) in [5, 5.41) is 11.3. The van der Waals surface area contributed by atoms with Crippen molar-refractivity contribution in [1.82, 2.24) is 9.88 Å². The summed E-state index contributed by atoms with van der Waals surface area (Å²) >= 11 is 1.76. The fourth-order valence-corrected chi connectivity index (χ4v) is 3.72. The Balaban J connectivity index is 1.60. The van der Waals surface area contributed by atoms with Crippen LogP contribution < -0.4 is 0 Å². The summed E-state index contributed by atoms with van der Waals surface area (Å²) < 4.78 is 5.29. The zero-order valence-corrected chi connectivity index (χ0v) is 12.5. The summed E-state index contributed by atoms with van der Waals surface area (Å²) in [4.78, 5) is 8.08. The van der Waals surface area contributed by atoms with Crippen LogP contribution in [0.3, 0.4) is 0 Å². The minimum Gasteiger partial charge on any atom is -0.467 e. The van der Waals surface area contributed by atoms with Crippen LogP contribution in [0.15, 0.2) is 29.0 Å². The molecule has 20 heavy (non-hydrogen) atoms. The Morgan fingerprint density at radius 1 is 1.60 bits per heavy atom. The van der Waals surface area contributed by atoms with E-state index in [0.29, 0.717) is 11.8 Å². The van der Waals surface area contributed by atoms with E-state index in [-0.39, 0.29) is 0 Å². The second-order valence-corrected chi connectivity index (χ2v) is 6.70. The Hall–Kier alpha value is -1.17. The van der Waals surface area contributed by atoms with Gasteiger partial charge in [-0.1, -0.05) is 0 Å². The SMILES string of the molecule is Cc1ncc(CN2CCCC2CC(O)c2ccco2)s1. The molecule has 1 aliphatic rings. The molecule has 108 valence electrons. The van der Waals surface area contributed by atoms with Crippen LogP contribution in [-0.4, -0.2) is 27.6 Å². The van der Waals surface area contributed by atoms with Crippen molar-refractivity contribution in [2.45, 2.75) is 44.9 Å². The molecule has 0 amide bonds. The maximum Gasteiger partial charge on any atom is 0.132 e. The van der Waals surface area contributed by atoms with Gasteiger partial charge in [0.2, 0.25) is 0 Å². The van der Waals surface area contributed by atoms with E-state index >= 15 is 0 Å². The Morgan fingerprint density at radius 3 is 3.20 bits per heavy atom. The van der Waals surface area contributed by atoms with Crippen LogP contribution >= 0.6 is 11.3 Å². The standard InChI is InChI=1S/C15H20N2O2S/c1-11-16-9-13(20-11)10-17-6-2-4-12(17)8-14(18)15-5-3-7-19-15/h3,5,7,9,12,14,18H,2,4,6,8,10H2,1H3. The molecule has 0 radical (unpaired) electrons. The van der Waals surface area contributed by atoms with Crippen LogP contribution in [0.4, 0.5) is 0 Å². The van der Waals surface area contributed by atoms with Gasteiger partial charge in [-0.15, -0.1) is 11.3 Å². The van der Waals surface area contributed by atoms with E-state index < -0.39 is 6.10 Å². The van der Waals surface area contributed by atoms with Crippen LogP contribution in [0, 0.1) is 6.92 Å². The summed E-state index contributed by atoms with van der Waals surface area (Å²) in [5.41, 5.74) is 0. The molecule has 0 bridgehead atoms. The summed E-state index contributed by atoms with van der Waals surface area (Å²) in [5.74, 6) is 0.672. The van der Waals surface area contributed by atoms with E-state index in [4.69, 9.17) is 4.42 Å². The van der Waals surface area contributed by atoms with Gasteiger partial charge < -0.3 is 9.52 Å². The van der Waals surface area contributed by atoms with Gasteiger partial charge in [-0.2, -0.15) is 0 Å². The molecule has 0 saturated carbocycles. The maximum atomic E-state index is 10.2. The normalized spacial score (nSPS) is 21.4. The van der Waals surface area contributed by atoms with Gasteiger partial charge in [0.25, 0.3) is 0 Å². The van der Waals surface area contributed by atoms with Gasteiger partial charge >= 0.3 is 0 Å². The van der Waals surface area contributed by atoms with Crippen molar-refractivity contribution in [3.05, 3.63) is 40.2 Å². The lowest BCUT2D eigenvalue weighted by Gasteiger charge is -2.25. The molecule has 1 N–H and O–H groups in total. The lowest BCUT2D eigenvalue weighted by atomic mass is 10.1. The topological polar surface area (TPSA) is 49.5 Å². The smallest absolute Gasteiger partial charge is 0.132 e.